The van der Waals surface area contributed by atoms with Crippen LogP contribution in [0.25, 0.3) is 0 Å². The number of hydrogen-bond donors (Lipinski definition) is 0. The molecular formula is C67H110N2. The highest BCUT2D eigenvalue weighted by Crippen LogP contribution is 2.23. The molecule has 0 heterocycles. The SMILES string of the molecule is CCCCCCCCCCCCCCCCCC#Cc1cccc(N=C(CCCCCC)C(CCCCCCCCC)=Nc2cccc(C#CCCCCCCCCCCCCCCCCC)c2)c1. The van der Waals surface area contributed by atoms with Gasteiger partial charge in [0.15, 0.2) is 0 Å². The molecule has 0 radical (unpaired) electrons. The Hall–Kier alpha value is -3.10. The first-order valence-corrected chi connectivity index (χ1v) is 30.5. The molecule has 0 aliphatic heterocycles. The van der Waals surface area contributed by atoms with Gasteiger partial charge in [-0.1, -0.05) is 301 Å². The fourth-order valence-electron chi connectivity index (χ4n) is 9.61. The van der Waals surface area contributed by atoms with E-state index in [-0.39, 0.29) is 0 Å². The van der Waals surface area contributed by atoms with Gasteiger partial charge in [-0.15, -0.1) is 0 Å². The van der Waals surface area contributed by atoms with Crippen LogP contribution in [0.2, 0.25) is 0 Å². The minimum atomic E-state index is 0.961. The number of rotatable bonds is 46. The summed E-state index contributed by atoms with van der Waals surface area (Å²) in [5.74, 6) is 14.0. The van der Waals surface area contributed by atoms with Crippen LogP contribution in [-0.2, 0) is 0 Å². The summed E-state index contributed by atoms with van der Waals surface area (Å²) in [5, 5.41) is 0. The molecule has 69 heavy (non-hydrogen) atoms. The van der Waals surface area contributed by atoms with Crippen LogP contribution in [0.15, 0.2) is 58.5 Å². The molecule has 2 heteroatoms. The monoisotopic (exact) mass is 943 g/mol. The highest BCUT2D eigenvalue weighted by molar-refractivity contribution is 6.43. The molecule has 0 saturated heterocycles. The Balaban J connectivity index is 1.97. The Kier molecular flexibility index (Phi) is 43.6. The standard InChI is InChI=1S/C67H110N2/c1-5-9-13-17-20-22-24-26-28-30-32-34-36-38-41-43-46-52-62-54-50-56-64(60-62)68-66(58-48-16-12-8-4)67(59-49-45-40-19-15-11-7-3)69-65-57-51-55-63(61-65)53-47-44-42-39-37-35-33-31-29-27-25-23-21-18-14-10-6-2/h50-51,54-57,60-61H,5-45,48-49,58-59H2,1-4H3. The lowest BCUT2D eigenvalue weighted by Gasteiger charge is -2.12. The summed E-state index contributed by atoms with van der Waals surface area (Å²) in [4.78, 5) is 10.8. The Morgan fingerprint density at radius 1 is 0.304 bits per heavy atom. The van der Waals surface area contributed by atoms with E-state index in [1.54, 1.807) is 0 Å². The van der Waals surface area contributed by atoms with Crippen molar-refractivity contribution in [3.05, 3.63) is 59.7 Å². The van der Waals surface area contributed by atoms with Gasteiger partial charge in [-0.05, 0) is 74.9 Å². The lowest BCUT2D eigenvalue weighted by molar-refractivity contribution is 0.533. The van der Waals surface area contributed by atoms with Crippen LogP contribution in [0.3, 0.4) is 0 Å². The summed E-state index contributed by atoms with van der Waals surface area (Å²) in [6, 6.07) is 17.3. The average Bonchev–Trinajstić information content (AvgIpc) is 3.36. The normalized spacial score (nSPS) is 11.7. The summed E-state index contributed by atoms with van der Waals surface area (Å²) >= 11 is 0. The van der Waals surface area contributed by atoms with E-state index in [1.807, 2.05) is 0 Å². The van der Waals surface area contributed by atoms with Crippen LogP contribution in [0.4, 0.5) is 11.4 Å². The van der Waals surface area contributed by atoms with Crippen molar-refractivity contribution in [2.24, 2.45) is 9.98 Å². The zero-order valence-electron chi connectivity index (χ0n) is 46.3. The molecule has 0 amide bonds. The summed E-state index contributed by atoms with van der Waals surface area (Å²) in [5.41, 5.74) is 6.47. The number of nitrogens with zero attached hydrogens (tertiary/aromatic N) is 2. The molecule has 2 nitrogen and oxygen atoms in total. The van der Waals surface area contributed by atoms with E-state index in [1.165, 1.54) is 250 Å². The third-order valence-electron chi connectivity index (χ3n) is 14.1. The highest BCUT2D eigenvalue weighted by atomic mass is 14.8. The molecule has 2 aromatic rings. The van der Waals surface area contributed by atoms with E-state index < -0.39 is 0 Å². The van der Waals surface area contributed by atoms with Crippen LogP contribution < -0.4 is 0 Å². The predicted molar refractivity (Wildman–Crippen MR) is 311 cm³/mol. The predicted octanol–water partition coefficient (Wildman–Crippen LogP) is 22.9. The average molecular weight is 944 g/mol. The van der Waals surface area contributed by atoms with Crippen LogP contribution in [0.1, 0.15) is 328 Å². The second kappa shape index (κ2) is 48.5. The van der Waals surface area contributed by atoms with Crippen molar-refractivity contribution < 1.29 is 0 Å². The second-order valence-electron chi connectivity index (χ2n) is 20.9. The highest BCUT2D eigenvalue weighted by Gasteiger charge is 2.12. The first kappa shape index (κ1) is 62.0. The van der Waals surface area contributed by atoms with Crippen molar-refractivity contribution in [3.63, 3.8) is 0 Å². The smallest absolute Gasteiger partial charge is 0.0646 e. The van der Waals surface area contributed by atoms with Crippen LogP contribution in [0.5, 0.6) is 0 Å². The maximum atomic E-state index is 5.43. The maximum absolute atomic E-state index is 5.43. The minimum Gasteiger partial charge on any atom is -0.252 e. The van der Waals surface area contributed by atoms with E-state index in [9.17, 15) is 0 Å². The van der Waals surface area contributed by atoms with Gasteiger partial charge in [-0.3, -0.25) is 9.98 Å². The van der Waals surface area contributed by atoms with E-state index >= 15 is 0 Å². The summed E-state index contributed by atoms with van der Waals surface area (Å²) < 4.78 is 0. The summed E-state index contributed by atoms with van der Waals surface area (Å²) in [6.45, 7) is 9.21. The van der Waals surface area contributed by atoms with Gasteiger partial charge in [0.1, 0.15) is 0 Å². The Bertz CT molecular complexity index is 1640. The van der Waals surface area contributed by atoms with Crippen LogP contribution >= 0.6 is 0 Å². The molecule has 0 bridgehead atoms. The number of unbranched alkanes of at least 4 members (excludes halogenated alkanes) is 39. The van der Waals surface area contributed by atoms with E-state index in [4.69, 9.17) is 9.98 Å². The Morgan fingerprint density at radius 2 is 0.551 bits per heavy atom. The lowest BCUT2D eigenvalue weighted by atomic mass is 10.00. The third-order valence-corrected chi connectivity index (χ3v) is 14.1. The van der Waals surface area contributed by atoms with Gasteiger partial charge in [0.2, 0.25) is 0 Å². The molecule has 0 aliphatic rings. The lowest BCUT2D eigenvalue weighted by Crippen LogP contribution is -2.14. The second-order valence-corrected chi connectivity index (χ2v) is 20.9. The number of hydrogen-bond acceptors (Lipinski definition) is 2. The van der Waals surface area contributed by atoms with Gasteiger partial charge in [0.05, 0.1) is 22.8 Å². The van der Waals surface area contributed by atoms with E-state index in [0.717, 1.165) is 72.4 Å². The molecule has 0 saturated carbocycles. The largest absolute Gasteiger partial charge is 0.252 e. The van der Waals surface area contributed by atoms with Crippen LogP contribution in [0, 0.1) is 23.7 Å². The molecule has 0 aromatic heterocycles. The van der Waals surface area contributed by atoms with Gasteiger partial charge >= 0.3 is 0 Å². The van der Waals surface area contributed by atoms with Gasteiger partial charge in [0.25, 0.3) is 0 Å². The molecule has 388 valence electrons. The van der Waals surface area contributed by atoms with Crippen molar-refractivity contribution in [2.45, 2.75) is 317 Å². The van der Waals surface area contributed by atoms with E-state index in [0.29, 0.717) is 0 Å². The van der Waals surface area contributed by atoms with Crippen LogP contribution in [-0.4, -0.2) is 11.4 Å². The molecule has 2 rings (SSSR count). The summed E-state index contributed by atoms with van der Waals surface area (Å²) in [6.07, 6.45) is 59.7. The Morgan fingerprint density at radius 3 is 0.841 bits per heavy atom. The molecular weight excluding hydrogens is 833 g/mol. The molecule has 0 atom stereocenters. The van der Waals surface area contributed by atoms with Gasteiger partial charge in [0, 0.05) is 24.0 Å². The maximum Gasteiger partial charge on any atom is 0.0646 e. The van der Waals surface area contributed by atoms with Gasteiger partial charge in [-0.25, -0.2) is 0 Å². The fourth-order valence-corrected chi connectivity index (χ4v) is 9.61. The molecule has 0 N–H and O–H groups in total. The van der Waals surface area contributed by atoms with Crippen molar-refractivity contribution >= 4 is 22.8 Å². The minimum absolute atomic E-state index is 0.961. The molecule has 0 aliphatic carbocycles. The quantitative estimate of drug-likeness (QED) is 0.0359. The first-order chi connectivity index (χ1) is 34.2. The zero-order valence-corrected chi connectivity index (χ0v) is 46.3. The molecule has 0 unspecified atom stereocenters. The molecule has 0 spiro atoms. The third kappa shape index (κ3) is 38.3. The van der Waals surface area contributed by atoms with Gasteiger partial charge < -0.3 is 0 Å². The number of benzene rings is 2. The molecule has 2 aromatic carbocycles. The first-order valence-electron chi connectivity index (χ1n) is 30.5. The Labute approximate surface area is 430 Å². The number of aliphatic imine (C=N–C) groups is 2. The van der Waals surface area contributed by atoms with Crippen molar-refractivity contribution in [2.75, 3.05) is 0 Å². The topological polar surface area (TPSA) is 24.7 Å². The van der Waals surface area contributed by atoms with Crippen molar-refractivity contribution in [3.8, 4) is 23.7 Å². The fraction of sp³-hybridized carbons (Fsp3) is 0.731. The van der Waals surface area contributed by atoms with E-state index in [2.05, 4.69) is 99.9 Å². The van der Waals surface area contributed by atoms with Gasteiger partial charge in [-0.2, -0.15) is 0 Å². The molecule has 0 fully saturated rings. The van der Waals surface area contributed by atoms with Crippen molar-refractivity contribution in [1.82, 2.24) is 0 Å². The summed E-state index contributed by atoms with van der Waals surface area (Å²) in [7, 11) is 0. The van der Waals surface area contributed by atoms with Crippen molar-refractivity contribution in [1.29, 1.82) is 0 Å². The zero-order chi connectivity index (χ0) is 49.2.